The Bertz CT molecular complexity index is 900. The van der Waals surface area contributed by atoms with Crippen molar-refractivity contribution in [2.45, 2.75) is 20.0 Å². The topological polar surface area (TPSA) is 55.6 Å². The van der Waals surface area contributed by atoms with Crippen LogP contribution in [0.2, 0.25) is 5.15 Å². The maximum Gasteiger partial charge on any atom is 0.418 e. The van der Waals surface area contributed by atoms with Crippen LogP contribution < -0.4 is 5.32 Å². The third kappa shape index (κ3) is 3.74. The van der Waals surface area contributed by atoms with Gasteiger partial charge < -0.3 is 9.88 Å². The van der Waals surface area contributed by atoms with Gasteiger partial charge in [-0.15, -0.1) is 0 Å². The van der Waals surface area contributed by atoms with Crippen LogP contribution in [0.5, 0.6) is 0 Å². The molecule has 0 bridgehead atoms. The van der Waals surface area contributed by atoms with E-state index in [1.165, 1.54) is 18.2 Å². The molecule has 130 valence electrons. The number of aryl methyl sites for hydroxylation is 2. The SMILES string of the molecule is Cc1nc(Cl)cc(Nc2cc(-n3ccnc3C)ccc2C(F)(F)F)n1. The lowest BCUT2D eigenvalue weighted by Gasteiger charge is -2.16. The standard InChI is InChI=1S/C16H13ClF3N5/c1-9-22-14(17)8-15(23-9)24-13-7-11(25-6-5-21-10(25)2)3-4-12(13)16(18,19)20/h3-8H,1-2H3,(H,22,23,24). The molecule has 3 aromatic rings. The van der Waals surface area contributed by atoms with Gasteiger partial charge in [-0.05, 0) is 32.0 Å². The summed E-state index contributed by atoms with van der Waals surface area (Å²) in [5.74, 6) is 1.19. The Labute approximate surface area is 146 Å². The van der Waals surface area contributed by atoms with Crippen LogP contribution in [0.25, 0.3) is 5.69 Å². The summed E-state index contributed by atoms with van der Waals surface area (Å²) in [7, 11) is 0. The fraction of sp³-hybridized carbons (Fsp3) is 0.188. The molecule has 0 aliphatic rings. The molecule has 1 N–H and O–H groups in total. The molecule has 1 aromatic carbocycles. The van der Waals surface area contributed by atoms with Gasteiger partial charge in [0.25, 0.3) is 0 Å². The predicted octanol–water partition coefficient (Wildman–Crippen LogP) is 4.69. The van der Waals surface area contributed by atoms with Gasteiger partial charge in [0.15, 0.2) is 0 Å². The summed E-state index contributed by atoms with van der Waals surface area (Å²) in [6, 6.07) is 5.17. The number of anilines is 2. The van der Waals surface area contributed by atoms with Crippen LogP contribution in [0.15, 0.2) is 36.7 Å². The van der Waals surface area contributed by atoms with E-state index in [2.05, 4.69) is 20.3 Å². The molecule has 0 atom stereocenters. The van der Waals surface area contributed by atoms with Crippen LogP contribution in [0.4, 0.5) is 24.7 Å². The summed E-state index contributed by atoms with van der Waals surface area (Å²) in [6.45, 7) is 3.37. The lowest BCUT2D eigenvalue weighted by atomic mass is 10.1. The Morgan fingerprint density at radius 2 is 1.88 bits per heavy atom. The zero-order valence-corrected chi connectivity index (χ0v) is 14.0. The smallest absolute Gasteiger partial charge is 0.340 e. The van der Waals surface area contributed by atoms with E-state index >= 15 is 0 Å². The number of imidazole rings is 1. The van der Waals surface area contributed by atoms with Crippen LogP contribution in [-0.4, -0.2) is 19.5 Å². The molecule has 0 saturated carbocycles. The minimum absolute atomic E-state index is 0.132. The lowest BCUT2D eigenvalue weighted by molar-refractivity contribution is -0.136. The van der Waals surface area contributed by atoms with Crippen molar-refractivity contribution in [1.82, 2.24) is 19.5 Å². The average Bonchev–Trinajstić information content (AvgIpc) is 2.91. The van der Waals surface area contributed by atoms with Crippen LogP contribution in [0.3, 0.4) is 0 Å². The van der Waals surface area contributed by atoms with Gasteiger partial charge in [-0.25, -0.2) is 15.0 Å². The molecular weight excluding hydrogens is 355 g/mol. The van der Waals surface area contributed by atoms with Crippen molar-refractivity contribution >= 4 is 23.1 Å². The maximum absolute atomic E-state index is 13.3. The number of benzene rings is 1. The third-order valence-electron chi connectivity index (χ3n) is 3.48. The Morgan fingerprint density at radius 3 is 2.48 bits per heavy atom. The van der Waals surface area contributed by atoms with E-state index in [0.717, 1.165) is 6.07 Å². The van der Waals surface area contributed by atoms with E-state index in [4.69, 9.17) is 11.6 Å². The second-order valence-electron chi connectivity index (χ2n) is 5.32. The minimum Gasteiger partial charge on any atom is -0.340 e. The number of nitrogens with one attached hydrogen (secondary N) is 1. The van der Waals surface area contributed by atoms with Gasteiger partial charge >= 0.3 is 6.18 Å². The summed E-state index contributed by atoms with van der Waals surface area (Å²) in [4.78, 5) is 12.0. The van der Waals surface area contributed by atoms with E-state index in [9.17, 15) is 13.2 Å². The van der Waals surface area contributed by atoms with Crippen LogP contribution in [0.1, 0.15) is 17.2 Å². The fourth-order valence-corrected chi connectivity index (χ4v) is 2.64. The molecule has 0 fully saturated rings. The highest BCUT2D eigenvalue weighted by Gasteiger charge is 2.34. The monoisotopic (exact) mass is 367 g/mol. The van der Waals surface area contributed by atoms with E-state index in [-0.39, 0.29) is 16.7 Å². The van der Waals surface area contributed by atoms with Crippen LogP contribution >= 0.6 is 11.6 Å². The second kappa shape index (κ2) is 6.36. The highest BCUT2D eigenvalue weighted by molar-refractivity contribution is 6.29. The van der Waals surface area contributed by atoms with Crippen molar-refractivity contribution in [1.29, 1.82) is 0 Å². The van der Waals surface area contributed by atoms with Crippen molar-refractivity contribution in [2.24, 2.45) is 0 Å². The molecule has 0 aliphatic heterocycles. The summed E-state index contributed by atoms with van der Waals surface area (Å²) >= 11 is 5.85. The van der Waals surface area contributed by atoms with Gasteiger partial charge in [0, 0.05) is 24.1 Å². The van der Waals surface area contributed by atoms with Crippen molar-refractivity contribution in [2.75, 3.05) is 5.32 Å². The molecule has 3 rings (SSSR count). The van der Waals surface area contributed by atoms with E-state index in [1.54, 1.807) is 30.8 Å². The molecular formula is C16H13ClF3N5. The zero-order chi connectivity index (χ0) is 18.2. The summed E-state index contributed by atoms with van der Waals surface area (Å²) in [5, 5.41) is 2.84. The Morgan fingerprint density at radius 1 is 1.12 bits per heavy atom. The zero-order valence-electron chi connectivity index (χ0n) is 13.3. The second-order valence-corrected chi connectivity index (χ2v) is 5.71. The van der Waals surface area contributed by atoms with Gasteiger partial charge in [0.05, 0.1) is 11.3 Å². The van der Waals surface area contributed by atoms with Gasteiger partial charge in [-0.2, -0.15) is 13.2 Å². The summed E-state index contributed by atoms with van der Waals surface area (Å²) in [6.07, 6.45) is -1.27. The van der Waals surface area contributed by atoms with Gasteiger partial charge in [-0.1, -0.05) is 11.6 Å². The van der Waals surface area contributed by atoms with Gasteiger partial charge in [-0.3, -0.25) is 0 Å². The highest BCUT2D eigenvalue weighted by Crippen LogP contribution is 2.37. The van der Waals surface area contributed by atoms with E-state index in [1.807, 2.05) is 0 Å². The number of aromatic nitrogens is 4. The van der Waals surface area contributed by atoms with Crippen LogP contribution in [-0.2, 0) is 6.18 Å². The van der Waals surface area contributed by atoms with Crippen molar-refractivity contribution in [3.05, 3.63) is 59.0 Å². The van der Waals surface area contributed by atoms with Crippen LogP contribution in [0, 0.1) is 13.8 Å². The minimum atomic E-state index is -4.52. The van der Waals surface area contributed by atoms with Crippen molar-refractivity contribution in [3.63, 3.8) is 0 Å². The molecule has 0 aliphatic carbocycles. The third-order valence-corrected chi connectivity index (χ3v) is 3.68. The lowest BCUT2D eigenvalue weighted by Crippen LogP contribution is -2.10. The molecule has 0 radical (unpaired) electrons. The quantitative estimate of drug-likeness (QED) is 0.682. The number of halogens is 4. The Kier molecular flexibility index (Phi) is 4.38. The molecule has 0 spiro atoms. The van der Waals surface area contributed by atoms with Gasteiger partial charge in [0.1, 0.15) is 22.6 Å². The predicted molar refractivity (Wildman–Crippen MR) is 88.4 cm³/mol. The number of rotatable bonds is 3. The Hall–Kier alpha value is -2.61. The van der Waals surface area contributed by atoms with E-state index < -0.39 is 11.7 Å². The fourth-order valence-electron chi connectivity index (χ4n) is 2.42. The maximum atomic E-state index is 13.3. The number of hydrogen-bond acceptors (Lipinski definition) is 4. The Balaban J connectivity index is 2.09. The molecule has 0 unspecified atom stereocenters. The van der Waals surface area contributed by atoms with Crippen molar-refractivity contribution < 1.29 is 13.2 Å². The summed E-state index contributed by atoms with van der Waals surface area (Å²) < 4.78 is 41.7. The van der Waals surface area contributed by atoms with Gasteiger partial charge in [0.2, 0.25) is 0 Å². The molecule has 0 amide bonds. The normalized spacial score (nSPS) is 11.6. The first-order valence-electron chi connectivity index (χ1n) is 7.24. The molecule has 9 heteroatoms. The number of nitrogens with zero attached hydrogens (tertiary/aromatic N) is 4. The molecule has 2 aromatic heterocycles. The first kappa shape index (κ1) is 17.2. The van der Waals surface area contributed by atoms with E-state index in [0.29, 0.717) is 17.3 Å². The largest absolute Gasteiger partial charge is 0.418 e. The molecule has 5 nitrogen and oxygen atoms in total. The molecule has 0 saturated heterocycles. The molecule has 25 heavy (non-hydrogen) atoms. The number of alkyl halides is 3. The van der Waals surface area contributed by atoms with Crippen molar-refractivity contribution in [3.8, 4) is 5.69 Å². The highest BCUT2D eigenvalue weighted by atomic mass is 35.5. The average molecular weight is 368 g/mol. The first-order valence-corrected chi connectivity index (χ1v) is 7.61. The summed E-state index contributed by atoms with van der Waals surface area (Å²) in [5.41, 5.74) is -0.393. The first-order chi connectivity index (χ1) is 11.7. The molecule has 2 heterocycles. The number of hydrogen-bond donors (Lipinski definition) is 1.